The number of hydrogen-bond acceptors (Lipinski definition) is 5. The molecule has 7 heteroatoms. The van der Waals surface area contributed by atoms with Crippen LogP contribution in [0.15, 0.2) is 23.2 Å². The number of nitrogens with one attached hydrogen (secondary N) is 2. The molecule has 0 spiro atoms. The van der Waals surface area contributed by atoms with Gasteiger partial charge in [0.05, 0.1) is 14.2 Å². The first-order valence-corrected chi connectivity index (χ1v) is 11.7. The predicted octanol–water partition coefficient (Wildman–Crippen LogP) is 2.56. The van der Waals surface area contributed by atoms with Crippen LogP contribution in [0, 0.1) is 5.92 Å². The molecular formula is C24H41N5O2. The summed E-state index contributed by atoms with van der Waals surface area (Å²) in [6.07, 6.45) is 3.71. The van der Waals surface area contributed by atoms with Gasteiger partial charge in [-0.3, -0.25) is 9.89 Å². The number of aliphatic imine (C=N–C) groups is 1. The van der Waals surface area contributed by atoms with Crippen molar-refractivity contribution in [3.05, 3.63) is 23.8 Å². The van der Waals surface area contributed by atoms with E-state index < -0.39 is 0 Å². The van der Waals surface area contributed by atoms with Gasteiger partial charge in [-0.25, -0.2) is 0 Å². The molecule has 0 aromatic heterocycles. The van der Waals surface area contributed by atoms with Crippen molar-refractivity contribution in [2.75, 3.05) is 54.0 Å². The van der Waals surface area contributed by atoms with Crippen LogP contribution >= 0.6 is 0 Å². The van der Waals surface area contributed by atoms with Crippen molar-refractivity contribution >= 4 is 5.96 Å². The Morgan fingerprint density at radius 3 is 2.48 bits per heavy atom. The fraction of sp³-hybridized carbons (Fsp3) is 0.708. The fourth-order valence-corrected chi connectivity index (χ4v) is 4.67. The summed E-state index contributed by atoms with van der Waals surface area (Å²) in [6.45, 7) is 11.0. The molecule has 1 aromatic rings. The summed E-state index contributed by atoms with van der Waals surface area (Å²) in [4.78, 5) is 9.54. The Balaban J connectivity index is 1.45. The highest BCUT2D eigenvalue weighted by atomic mass is 16.5. The molecule has 2 aliphatic heterocycles. The second-order valence-electron chi connectivity index (χ2n) is 9.14. The largest absolute Gasteiger partial charge is 0.497 e. The zero-order valence-corrected chi connectivity index (χ0v) is 20.0. The number of likely N-dealkylation sites (tertiary alicyclic amines) is 2. The smallest absolute Gasteiger partial charge is 0.191 e. The molecule has 2 atom stereocenters. The lowest BCUT2D eigenvalue weighted by Gasteiger charge is -2.35. The van der Waals surface area contributed by atoms with Gasteiger partial charge in [-0.2, -0.15) is 0 Å². The molecule has 174 valence electrons. The minimum Gasteiger partial charge on any atom is -0.497 e. The molecule has 1 aromatic carbocycles. The summed E-state index contributed by atoms with van der Waals surface area (Å²) >= 11 is 0. The minimum atomic E-state index is 0.414. The zero-order valence-electron chi connectivity index (χ0n) is 20.0. The van der Waals surface area contributed by atoms with E-state index in [9.17, 15) is 0 Å². The molecule has 0 radical (unpaired) electrons. The van der Waals surface area contributed by atoms with Crippen LogP contribution < -0.4 is 20.1 Å². The lowest BCUT2D eigenvalue weighted by Crippen LogP contribution is -2.48. The van der Waals surface area contributed by atoms with E-state index in [0.29, 0.717) is 18.0 Å². The van der Waals surface area contributed by atoms with E-state index in [2.05, 4.69) is 51.4 Å². The fourth-order valence-electron chi connectivity index (χ4n) is 4.67. The normalized spacial score (nSPS) is 23.2. The van der Waals surface area contributed by atoms with Crippen molar-refractivity contribution in [3.63, 3.8) is 0 Å². The predicted molar refractivity (Wildman–Crippen MR) is 127 cm³/mol. The van der Waals surface area contributed by atoms with Crippen LogP contribution in [0.2, 0.25) is 0 Å². The maximum atomic E-state index is 5.41. The van der Waals surface area contributed by atoms with E-state index in [4.69, 9.17) is 9.47 Å². The Labute approximate surface area is 188 Å². The lowest BCUT2D eigenvalue weighted by atomic mass is 9.97. The molecule has 2 unspecified atom stereocenters. The highest BCUT2D eigenvalue weighted by Gasteiger charge is 2.25. The van der Waals surface area contributed by atoms with Gasteiger partial charge >= 0.3 is 0 Å². The van der Waals surface area contributed by atoms with Crippen LogP contribution in [0.5, 0.6) is 11.5 Å². The molecule has 2 saturated heterocycles. The maximum absolute atomic E-state index is 5.41. The van der Waals surface area contributed by atoms with Crippen molar-refractivity contribution in [1.29, 1.82) is 0 Å². The molecule has 7 nitrogen and oxygen atoms in total. The van der Waals surface area contributed by atoms with Crippen LogP contribution in [-0.2, 0) is 6.54 Å². The molecule has 0 aliphatic carbocycles. The second-order valence-corrected chi connectivity index (χ2v) is 9.14. The van der Waals surface area contributed by atoms with E-state index >= 15 is 0 Å². The Kier molecular flexibility index (Phi) is 8.84. The third-order valence-electron chi connectivity index (χ3n) is 6.49. The summed E-state index contributed by atoms with van der Waals surface area (Å²) in [7, 11) is 5.26. The Morgan fingerprint density at radius 1 is 1.10 bits per heavy atom. The van der Waals surface area contributed by atoms with Crippen LogP contribution in [0.4, 0.5) is 0 Å². The number of benzene rings is 1. The highest BCUT2D eigenvalue weighted by Crippen LogP contribution is 2.24. The van der Waals surface area contributed by atoms with Gasteiger partial charge in [0.25, 0.3) is 0 Å². The molecule has 0 saturated carbocycles. The molecule has 3 rings (SSSR count). The van der Waals surface area contributed by atoms with Gasteiger partial charge in [0.1, 0.15) is 11.5 Å². The average Bonchev–Trinajstić information content (AvgIpc) is 3.22. The Morgan fingerprint density at radius 2 is 1.84 bits per heavy atom. The molecule has 2 N–H and O–H groups in total. The van der Waals surface area contributed by atoms with Crippen LogP contribution in [-0.4, -0.2) is 81.8 Å². The first-order chi connectivity index (χ1) is 15.0. The van der Waals surface area contributed by atoms with Crippen molar-refractivity contribution in [3.8, 4) is 11.5 Å². The topological polar surface area (TPSA) is 61.4 Å². The monoisotopic (exact) mass is 431 g/mol. The molecular weight excluding hydrogens is 390 g/mol. The molecule has 2 fully saturated rings. The molecule has 2 heterocycles. The standard InChI is InChI=1S/C24H41N5O2/c1-18(2)29-9-6-7-19(16-29)14-26-24(25-3)27-21-8-10-28(17-21)15-20-11-22(30-4)13-23(12-20)31-5/h11-13,18-19,21H,6-10,14-17H2,1-5H3,(H2,25,26,27). The summed E-state index contributed by atoms with van der Waals surface area (Å²) in [5, 5.41) is 7.22. The van der Waals surface area contributed by atoms with Gasteiger partial charge in [-0.1, -0.05) is 0 Å². The number of ether oxygens (including phenoxy) is 2. The first-order valence-electron chi connectivity index (χ1n) is 11.7. The van der Waals surface area contributed by atoms with Crippen molar-refractivity contribution in [2.45, 2.75) is 51.7 Å². The van der Waals surface area contributed by atoms with Gasteiger partial charge in [0.15, 0.2) is 5.96 Å². The van der Waals surface area contributed by atoms with E-state index in [1.807, 2.05) is 13.1 Å². The van der Waals surface area contributed by atoms with E-state index in [1.54, 1.807) is 14.2 Å². The molecule has 2 aliphatic rings. The van der Waals surface area contributed by atoms with Crippen molar-refractivity contribution in [2.24, 2.45) is 10.9 Å². The average molecular weight is 432 g/mol. The third-order valence-corrected chi connectivity index (χ3v) is 6.49. The van der Waals surface area contributed by atoms with Crippen molar-refractivity contribution in [1.82, 2.24) is 20.4 Å². The summed E-state index contributed by atoms with van der Waals surface area (Å²) in [6, 6.07) is 7.15. The van der Waals surface area contributed by atoms with E-state index in [0.717, 1.165) is 50.1 Å². The number of guanidine groups is 1. The molecule has 31 heavy (non-hydrogen) atoms. The number of methoxy groups -OCH3 is 2. The Bertz CT molecular complexity index is 702. The number of nitrogens with zero attached hydrogens (tertiary/aromatic N) is 3. The minimum absolute atomic E-state index is 0.414. The van der Waals surface area contributed by atoms with Gasteiger partial charge < -0.3 is 25.0 Å². The Hall–Kier alpha value is -1.99. The van der Waals surface area contributed by atoms with Crippen LogP contribution in [0.25, 0.3) is 0 Å². The lowest BCUT2D eigenvalue weighted by molar-refractivity contribution is 0.141. The van der Waals surface area contributed by atoms with Gasteiger partial charge in [0.2, 0.25) is 0 Å². The number of rotatable bonds is 8. The van der Waals surface area contributed by atoms with Crippen LogP contribution in [0.3, 0.4) is 0 Å². The second kappa shape index (κ2) is 11.6. The molecule has 0 amide bonds. The quantitative estimate of drug-likeness (QED) is 0.487. The molecule has 0 bridgehead atoms. The highest BCUT2D eigenvalue weighted by molar-refractivity contribution is 5.80. The first kappa shape index (κ1) is 23.7. The number of piperidine rings is 1. The van der Waals surface area contributed by atoms with E-state index in [-0.39, 0.29) is 0 Å². The zero-order chi connectivity index (χ0) is 22.2. The van der Waals surface area contributed by atoms with Crippen molar-refractivity contribution < 1.29 is 9.47 Å². The van der Waals surface area contributed by atoms with Gasteiger partial charge in [-0.05, 0) is 63.3 Å². The third kappa shape index (κ3) is 7.01. The number of hydrogen-bond donors (Lipinski definition) is 2. The van der Waals surface area contributed by atoms with Gasteiger partial charge in [-0.15, -0.1) is 0 Å². The van der Waals surface area contributed by atoms with E-state index in [1.165, 1.54) is 31.5 Å². The summed E-state index contributed by atoms with van der Waals surface area (Å²) in [5.74, 6) is 3.30. The summed E-state index contributed by atoms with van der Waals surface area (Å²) < 4.78 is 10.8. The SMILES string of the molecule is CN=C(NCC1CCCN(C(C)C)C1)NC1CCN(Cc2cc(OC)cc(OC)c2)C1. The summed E-state index contributed by atoms with van der Waals surface area (Å²) in [5.41, 5.74) is 1.21. The van der Waals surface area contributed by atoms with Gasteiger partial charge in [0, 0.05) is 57.9 Å². The van der Waals surface area contributed by atoms with Crippen LogP contribution in [0.1, 0.15) is 38.7 Å². The maximum Gasteiger partial charge on any atom is 0.191 e.